The second-order valence-electron chi connectivity index (χ2n) is 4.56. The summed E-state index contributed by atoms with van der Waals surface area (Å²) in [6.45, 7) is 5.29. The quantitative estimate of drug-likeness (QED) is 0.479. The lowest BCUT2D eigenvalue weighted by atomic mass is 10.2. The molecule has 2 rings (SSSR count). The van der Waals surface area contributed by atoms with Gasteiger partial charge in [-0.3, -0.25) is 0 Å². The SMILES string of the molecule is CCCCCn1cnc2c(N)nc(SCCC)nc21. The molecule has 0 atom stereocenters. The number of hydrogen-bond acceptors (Lipinski definition) is 5. The normalized spacial score (nSPS) is 11.3. The Hall–Kier alpha value is -1.30. The summed E-state index contributed by atoms with van der Waals surface area (Å²) in [5, 5.41) is 0.754. The van der Waals surface area contributed by atoms with Gasteiger partial charge in [0.25, 0.3) is 0 Å². The van der Waals surface area contributed by atoms with E-state index in [0.29, 0.717) is 5.82 Å². The number of aromatic nitrogens is 4. The molecule has 0 saturated heterocycles. The number of nitrogens with zero attached hydrogens (tertiary/aromatic N) is 4. The summed E-state index contributed by atoms with van der Waals surface area (Å²) in [7, 11) is 0. The minimum absolute atomic E-state index is 0.484. The molecule has 2 aromatic rings. The number of anilines is 1. The minimum Gasteiger partial charge on any atom is -0.382 e. The van der Waals surface area contributed by atoms with Gasteiger partial charge in [0.05, 0.1) is 6.33 Å². The van der Waals surface area contributed by atoms with E-state index >= 15 is 0 Å². The van der Waals surface area contributed by atoms with Crippen molar-refractivity contribution in [1.29, 1.82) is 0 Å². The molecule has 2 heterocycles. The number of imidazole rings is 1. The average molecular weight is 279 g/mol. The standard InChI is InChI=1S/C13H21N5S/c1-3-5-6-7-18-9-15-10-11(14)16-13(17-12(10)18)19-8-4-2/h9H,3-8H2,1-2H3,(H2,14,16,17). The lowest BCUT2D eigenvalue weighted by molar-refractivity contribution is 0.609. The van der Waals surface area contributed by atoms with Crippen LogP contribution in [0.5, 0.6) is 0 Å². The molecule has 104 valence electrons. The maximum absolute atomic E-state index is 5.96. The Labute approximate surface area is 118 Å². The minimum atomic E-state index is 0.484. The second kappa shape index (κ2) is 6.75. The first kappa shape index (κ1) is 14.1. The number of nitrogens with two attached hydrogens (primary N) is 1. The van der Waals surface area contributed by atoms with Crippen LogP contribution in [0.3, 0.4) is 0 Å². The van der Waals surface area contributed by atoms with Crippen LogP contribution in [0.15, 0.2) is 11.5 Å². The van der Waals surface area contributed by atoms with Gasteiger partial charge in [0.15, 0.2) is 16.6 Å². The number of aryl methyl sites for hydroxylation is 1. The van der Waals surface area contributed by atoms with Crippen LogP contribution in [-0.4, -0.2) is 25.3 Å². The van der Waals surface area contributed by atoms with Crippen LogP contribution in [-0.2, 0) is 6.54 Å². The lowest BCUT2D eigenvalue weighted by Gasteiger charge is -2.05. The smallest absolute Gasteiger partial charge is 0.191 e. The topological polar surface area (TPSA) is 69.6 Å². The molecule has 0 bridgehead atoms. The third-order valence-electron chi connectivity index (χ3n) is 2.91. The van der Waals surface area contributed by atoms with Crippen molar-refractivity contribution >= 4 is 28.7 Å². The van der Waals surface area contributed by atoms with E-state index in [2.05, 4.69) is 33.4 Å². The molecular formula is C13H21N5S. The molecule has 0 spiro atoms. The Kier molecular flexibility index (Phi) is 5.01. The fraction of sp³-hybridized carbons (Fsp3) is 0.615. The highest BCUT2D eigenvalue weighted by Gasteiger charge is 2.11. The Balaban J connectivity index is 2.25. The lowest BCUT2D eigenvalue weighted by Crippen LogP contribution is -2.01. The van der Waals surface area contributed by atoms with Crippen LogP contribution in [0.1, 0.15) is 39.5 Å². The van der Waals surface area contributed by atoms with Gasteiger partial charge < -0.3 is 10.3 Å². The molecule has 0 fully saturated rings. The van der Waals surface area contributed by atoms with Crippen molar-refractivity contribution in [1.82, 2.24) is 19.5 Å². The number of rotatable bonds is 7. The van der Waals surface area contributed by atoms with Crippen molar-refractivity contribution < 1.29 is 0 Å². The van der Waals surface area contributed by atoms with Crippen LogP contribution >= 0.6 is 11.8 Å². The summed E-state index contributed by atoms with van der Waals surface area (Å²) in [6, 6.07) is 0. The van der Waals surface area contributed by atoms with Gasteiger partial charge in [-0.1, -0.05) is 38.5 Å². The molecule has 0 aliphatic heterocycles. The van der Waals surface area contributed by atoms with E-state index in [1.807, 2.05) is 6.33 Å². The number of thioether (sulfide) groups is 1. The van der Waals surface area contributed by atoms with Gasteiger partial charge in [0, 0.05) is 12.3 Å². The molecule has 0 radical (unpaired) electrons. The van der Waals surface area contributed by atoms with Gasteiger partial charge in [-0.05, 0) is 12.8 Å². The molecule has 2 aromatic heterocycles. The van der Waals surface area contributed by atoms with Crippen molar-refractivity contribution in [2.75, 3.05) is 11.5 Å². The van der Waals surface area contributed by atoms with Gasteiger partial charge in [0.2, 0.25) is 0 Å². The Morgan fingerprint density at radius 2 is 2.05 bits per heavy atom. The van der Waals surface area contributed by atoms with Crippen LogP contribution in [0.25, 0.3) is 11.2 Å². The van der Waals surface area contributed by atoms with E-state index < -0.39 is 0 Å². The molecule has 0 amide bonds. The zero-order valence-electron chi connectivity index (χ0n) is 11.6. The first-order valence-electron chi connectivity index (χ1n) is 6.87. The van der Waals surface area contributed by atoms with Crippen molar-refractivity contribution in [3.05, 3.63) is 6.33 Å². The Morgan fingerprint density at radius 3 is 2.79 bits per heavy atom. The van der Waals surface area contributed by atoms with Gasteiger partial charge in [-0.2, -0.15) is 0 Å². The van der Waals surface area contributed by atoms with E-state index in [4.69, 9.17) is 5.73 Å². The Bertz CT molecular complexity index is 537. The van der Waals surface area contributed by atoms with E-state index in [9.17, 15) is 0 Å². The molecule has 19 heavy (non-hydrogen) atoms. The van der Waals surface area contributed by atoms with Gasteiger partial charge >= 0.3 is 0 Å². The number of fused-ring (bicyclic) bond motifs is 1. The van der Waals surface area contributed by atoms with Crippen LogP contribution in [0.4, 0.5) is 5.82 Å². The zero-order chi connectivity index (χ0) is 13.7. The fourth-order valence-corrected chi connectivity index (χ4v) is 2.60. The van der Waals surface area contributed by atoms with Crippen LogP contribution in [0, 0.1) is 0 Å². The highest BCUT2D eigenvalue weighted by molar-refractivity contribution is 7.99. The predicted molar refractivity (Wildman–Crippen MR) is 80.3 cm³/mol. The summed E-state index contributed by atoms with van der Waals surface area (Å²) >= 11 is 1.65. The van der Waals surface area contributed by atoms with Crippen molar-refractivity contribution in [2.45, 2.75) is 51.2 Å². The predicted octanol–water partition coefficient (Wildman–Crippen LogP) is 3.10. The monoisotopic (exact) mass is 279 g/mol. The van der Waals surface area contributed by atoms with Gasteiger partial charge in [-0.25, -0.2) is 15.0 Å². The molecule has 0 aliphatic rings. The summed E-state index contributed by atoms with van der Waals surface area (Å²) in [6.07, 6.45) is 6.49. The molecule has 5 nitrogen and oxygen atoms in total. The van der Waals surface area contributed by atoms with E-state index in [-0.39, 0.29) is 0 Å². The van der Waals surface area contributed by atoms with E-state index in [1.54, 1.807) is 11.8 Å². The summed E-state index contributed by atoms with van der Waals surface area (Å²) in [4.78, 5) is 13.2. The summed E-state index contributed by atoms with van der Waals surface area (Å²) in [5.41, 5.74) is 7.54. The first-order chi connectivity index (χ1) is 9.26. The van der Waals surface area contributed by atoms with Crippen molar-refractivity contribution in [3.8, 4) is 0 Å². The van der Waals surface area contributed by atoms with Crippen molar-refractivity contribution in [2.24, 2.45) is 0 Å². The number of hydrogen-bond donors (Lipinski definition) is 1. The fourth-order valence-electron chi connectivity index (χ4n) is 1.90. The van der Waals surface area contributed by atoms with E-state index in [0.717, 1.165) is 41.5 Å². The van der Waals surface area contributed by atoms with Crippen LogP contribution < -0.4 is 5.73 Å². The molecule has 0 aromatic carbocycles. The zero-order valence-corrected chi connectivity index (χ0v) is 12.4. The maximum Gasteiger partial charge on any atom is 0.191 e. The number of nitrogen functional groups attached to an aromatic ring is 1. The molecule has 0 aliphatic carbocycles. The maximum atomic E-state index is 5.96. The highest BCUT2D eigenvalue weighted by atomic mass is 32.2. The molecule has 0 saturated carbocycles. The summed E-state index contributed by atoms with van der Waals surface area (Å²) in [5.74, 6) is 1.49. The largest absolute Gasteiger partial charge is 0.382 e. The summed E-state index contributed by atoms with van der Waals surface area (Å²) < 4.78 is 2.08. The third kappa shape index (κ3) is 3.37. The van der Waals surface area contributed by atoms with E-state index in [1.165, 1.54) is 12.8 Å². The second-order valence-corrected chi connectivity index (χ2v) is 5.62. The molecule has 2 N–H and O–H groups in total. The van der Waals surface area contributed by atoms with Crippen molar-refractivity contribution in [3.63, 3.8) is 0 Å². The van der Waals surface area contributed by atoms with Gasteiger partial charge in [-0.15, -0.1) is 0 Å². The average Bonchev–Trinajstić information content (AvgIpc) is 2.81. The first-order valence-corrected chi connectivity index (χ1v) is 7.86. The van der Waals surface area contributed by atoms with Crippen LogP contribution in [0.2, 0.25) is 0 Å². The molecule has 6 heteroatoms. The van der Waals surface area contributed by atoms with Gasteiger partial charge in [0.1, 0.15) is 5.52 Å². The molecular weight excluding hydrogens is 258 g/mol. The number of unbranched alkanes of at least 4 members (excludes halogenated alkanes) is 2. The molecule has 0 unspecified atom stereocenters. The Morgan fingerprint density at radius 1 is 1.21 bits per heavy atom. The third-order valence-corrected chi connectivity index (χ3v) is 3.96. The highest BCUT2D eigenvalue weighted by Crippen LogP contribution is 2.22.